The van der Waals surface area contributed by atoms with Gasteiger partial charge in [0, 0.05) is 31.9 Å². The molecule has 26 heavy (non-hydrogen) atoms. The summed E-state index contributed by atoms with van der Waals surface area (Å²) in [7, 11) is 3.29. The Bertz CT molecular complexity index is 839. The Morgan fingerprint density at radius 2 is 2.04 bits per heavy atom. The van der Waals surface area contributed by atoms with E-state index in [0.29, 0.717) is 30.3 Å². The summed E-state index contributed by atoms with van der Waals surface area (Å²) in [4.78, 5) is 24.7. The highest BCUT2D eigenvalue weighted by molar-refractivity contribution is 6.00. The highest BCUT2D eigenvalue weighted by atomic mass is 16.6. The van der Waals surface area contributed by atoms with Crippen LogP contribution >= 0.6 is 0 Å². The largest absolute Gasteiger partial charge is 0.486 e. The van der Waals surface area contributed by atoms with Gasteiger partial charge in [0.15, 0.2) is 17.6 Å². The van der Waals surface area contributed by atoms with Crippen molar-refractivity contribution in [2.24, 2.45) is 0 Å². The Balaban J connectivity index is 1.74. The smallest absolute Gasteiger partial charge is 0.270 e. The number of non-ortho nitro benzene ring substituents is 1. The first-order valence-corrected chi connectivity index (χ1v) is 8.09. The first kappa shape index (κ1) is 17.5. The van der Waals surface area contributed by atoms with Crippen LogP contribution in [0.5, 0.6) is 11.5 Å². The molecule has 0 bridgehead atoms. The first-order chi connectivity index (χ1) is 12.5. The summed E-state index contributed by atoms with van der Waals surface area (Å²) in [6, 6.07) is 11.5. The second-order valence-electron chi connectivity index (χ2n) is 5.92. The number of nitro groups is 1. The number of likely N-dealkylation sites (N-methyl/N-ethyl adjacent to an activating group) is 1. The Kier molecular flexibility index (Phi) is 4.92. The summed E-state index contributed by atoms with van der Waals surface area (Å²) in [5.41, 5.74) is 0.631. The molecule has 0 aliphatic carbocycles. The van der Waals surface area contributed by atoms with Gasteiger partial charge in [0.1, 0.15) is 6.61 Å². The number of nitrogens with one attached hydrogen (secondary N) is 1. The van der Waals surface area contributed by atoms with Crippen molar-refractivity contribution in [3.8, 4) is 11.5 Å². The first-order valence-electron chi connectivity index (χ1n) is 8.09. The van der Waals surface area contributed by atoms with E-state index in [9.17, 15) is 14.9 Å². The minimum absolute atomic E-state index is 0.132. The molecule has 8 heteroatoms. The Labute approximate surface area is 150 Å². The summed E-state index contributed by atoms with van der Waals surface area (Å²) in [5.74, 6) is 0.977. The molecular weight excluding hydrogens is 338 g/mol. The van der Waals surface area contributed by atoms with Gasteiger partial charge in [0.2, 0.25) is 0 Å². The predicted molar refractivity (Wildman–Crippen MR) is 96.0 cm³/mol. The van der Waals surface area contributed by atoms with E-state index in [4.69, 9.17) is 9.47 Å². The number of anilines is 1. The van der Waals surface area contributed by atoms with Crippen LogP contribution in [-0.4, -0.2) is 49.1 Å². The zero-order valence-electron chi connectivity index (χ0n) is 14.5. The minimum Gasteiger partial charge on any atom is -0.486 e. The van der Waals surface area contributed by atoms with Crippen LogP contribution in [0.2, 0.25) is 0 Å². The average molecular weight is 357 g/mol. The summed E-state index contributed by atoms with van der Waals surface area (Å²) < 4.78 is 11.5. The van der Waals surface area contributed by atoms with Gasteiger partial charge in [-0.2, -0.15) is 0 Å². The summed E-state index contributed by atoms with van der Waals surface area (Å²) >= 11 is 0. The number of hydrogen-bond acceptors (Lipinski definition) is 6. The molecule has 0 saturated heterocycles. The normalized spacial score (nSPS) is 15.2. The molecule has 3 rings (SSSR count). The van der Waals surface area contributed by atoms with E-state index in [1.54, 1.807) is 14.1 Å². The topological polar surface area (TPSA) is 93.9 Å². The molecule has 2 aromatic rings. The lowest BCUT2D eigenvalue weighted by atomic mass is 10.1. The maximum Gasteiger partial charge on any atom is 0.270 e. The van der Waals surface area contributed by atoms with Gasteiger partial charge in [-0.3, -0.25) is 14.9 Å². The van der Waals surface area contributed by atoms with Gasteiger partial charge in [-0.15, -0.1) is 0 Å². The fraction of sp³-hybridized carbons (Fsp3) is 0.278. The van der Waals surface area contributed by atoms with Gasteiger partial charge < -0.3 is 19.7 Å². The maximum absolute atomic E-state index is 12.8. The van der Waals surface area contributed by atoms with E-state index in [1.807, 2.05) is 24.3 Å². The van der Waals surface area contributed by atoms with Crippen LogP contribution in [0.15, 0.2) is 42.5 Å². The van der Waals surface area contributed by atoms with Gasteiger partial charge >= 0.3 is 0 Å². The van der Waals surface area contributed by atoms with Crippen LogP contribution in [0.1, 0.15) is 10.4 Å². The van der Waals surface area contributed by atoms with Crippen LogP contribution in [0, 0.1) is 10.1 Å². The molecule has 8 nitrogen and oxygen atoms in total. The van der Waals surface area contributed by atoms with E-state index in [0.717, 1.165) is 0 Å². The van der Waals surface area contributed by atoms with Crippen molar-refractivity contribution in [2.45, 2.75) is 6.10 Å². The average Bonchev–Trinajstić information content (AvgIpc) is 2.66. The van der Waals surface area contributed by atoms with Gasteiger partial charge in [-0.25, -0.2) is 0 Å². The van der Waals surface area contributed by atoms with Crippen molar-refractivity contribution in [1.29, 1.82) is 0 Å². The zero-order valence-corrected chi connectivity index (χ0v) is 14.5. The summed E-state index contributed by atoms with van der Waals surface area (Å²) in [6.45, 7) is 0.613. The summed E-state index contributed by atoms with van der Waals surface area (Å²) in [6.07, 6.45) is -0.324. The maximum atomic E-state index is 12.8. The Morgan fingerprint density at radius 1 is 1.31 bits per heavy atom. The minimum atomic E-state index is -0.523. The number of nitrogens with zero attached hydrogens (tertiary/aromatic N) is 2. The highest BCUT2D eigenvalue weighted by Gasteiger charge is 2.26. The number of nitro benzene ring substituents is 1. The van der Waals surface area contributed by atoms with E-state index in [1.165, 1.54) is 23.1 Å². The molecule has 0 aromatic heterocycles. The lowest BCUT2D eigenvalue weighted by molar-refractivity contribution is -0.384. The molecule has 136 valence electrons. The van der Waals surface area contributed by atoms with Crippen LogP contribution in [0.4, 0.5) is 11.4 Å². The molecule has 1 aliphatic rings. The van der Waals surface area contributed by atoms with Gasteiger partial charge in [0.05, 0.1) is 17.0 Å². The van der Waals surface area contributed by atoms with Gasteiger partial charge in [-0.05, 0) is 18.2 Å². The molecule has 0 fully saturated rings. The molecule has 1 atom stereocenters. The third kappa shape index (κ3) is 3.53. The molecule has 0 unspecified atom stereocenters. The fourth-order valence-corrected chi connectivity index (χ4v) is 2.79. The van der Waals surface area contributed by atoms with Crippen LogP contribution in [-0.2, 0) is 0 Å². The number of fused-ring (bicyclic) bond motifs is 1. The van der Waals surface area contributed by atoms with Crippen molar-refractivity contribution in [1.82, 2.24) is 4.90 Å². The van der Waals surface area contributed by atoms with Gasteiger partial charge in [0.25, 0.3) is 11.6 Å². The lowest BCUT2D eigenvalue weighted by Crippen LogP contribution is -2.42. The SMILES string of the molecule is CNc1ccc([N+](=O)[O-])cc1C(=O)N(C)C[C@@H]1COc2ccccc2O1. The number of rotatable bonds is 5. The number of amides is 1. The molecular formula is C18H19N3O5. The van der Waals surface area contributed by atoms with Crippen molar-refractivity contribution < 1.29 is 19.2 Å². The summed E-state index contributed by atoms with van der Waals surface area (Å²) in [5, 5.41) is 13.9. The zero-order chi connectivity index (χ0) is 18.7. The molecule has 0 radical (unpaired) electrons. The molecule has 1 N–H and O–H groups in total. The van der Waals surface area contributed by atoms with Crippen molar-refractivity contribution in [3.05, 3.63) is 58.1 Å². The Hall–Kier alpha value is -3.29. The van der Waals surface area contributed by atoms with Crippen molar-refractivity contribution in [3.63, 3.8) is 0 Å². The molecule has 2 aromatic carbocycles. The standard InChI is InChI=1S/C18H19N3O5/c1-19-15-8-7-12(21(23)24)9-14(15)18(22)20(2)10-13-11-25-16-5-3-4-6-17(16)26-13/h3-9,13,19H,10-11H2,1-2H3/t13-/m1/s1. The van der Waals surface area contributed by atoms with Crippen molar-refractivity contribution >= 4 is 17.3 Å². The number of carbonyl (C=O) groups is 1. The van der Waals surface area contributed by atoms with Crippen LogP contribution < -0.4 is 14.8 Å². The van der Waals surface area contributed by atoms with Crippen LogP contribution in [0.3, 0.4) is 0 Å². The molecule has 1 aliphatic heterocycles. The highest BCUT2D eigenvalue weighted by Crippen LogP contribution is 2.31. The quantitative estimate of drug-likeness (QED) is 0.653. The number of ether oxygens (including phenoxy) is 2. The number of benzene rings is 2. The number of para-hydroxylation sites is 2. The van der Waals surface area contributed by atoms with E-state index >= 15 is 0 Å². The van der Waals surface area contributed by atoms with Gasteiger partial charge in [-0.1, -0.05) is 12.1 Å². The number of hydrogen-bond donors (Lipinski definition) is 1. The molecule has 0 spiro atoms. The second kappa shape index (κ2) is 7.30. The second-order valence-corrected chi connectivity index (χ2v) is 5.92. The predicted octanol–water partition coefficient (Wildman–Crippen LogP) is 2.55. The lowest BCUT2D eigenvalue weighted by Gasteiger charge is -2.29. The van der Waals surface area contributed by atoms with Crippen molar-refractivity contribution in [2.75, 3.05) is 32.6 Å². The third-order valence-corrected chi connectivity index (χ3v) is 4.11. The van der Waals surface area contributed by atoms with E-state index in [2.05, 4.69) is 5.32 Å². The third-order valence-electron chi connectivity index (χ3n) is 4.11. The van der Waals surface area contributed by atoms with E-state index in [-0.39, 0.29) is 23.3 Å². The van der Waals surface area contributed by atoms with Crippen LogP contribution in [0.25, 0.3) is 0 Å². The monoisotopic (exact) mass is 357 g/mol. The fourth-order valence-electron chi connectivity index (χ4n) is 2.79. The molecule has 1 amide bonds. The van der Waals surface area contributed by atoms with E-state index < -0.39 is 4.92 Å². The number of carbonyl (C=O) groups excluding carboxylic acids is 1. The molecule has 1 heterocycles. The Morgan fingerprint density at radius 3 is 2.73 bits per heavy atom. The molecule has 0 saturated carbocycles.